The first-order chi connectivity index (χ1) is 8.90. The van der Waals surface area contributed by atoms with Gasteiger partial charge in [0.2, 0.25) is 0 Å². The molecular weight excluding hydrogens is 244 g/mol. The number of carbonyl (C=O) groups is 2. The molecule has 1 fully saturated rings. The van der Waals surface area contributed by atoms with Crippen molar-refractivity contribution >= 4 is 12.0 Å². The number of carboxylic acid groups (broad SMARTS) is 1. The van der Waals surface area contributed by atoms with E-state index in [1.807, 2.05) is 11.9 Å². The molecule has 1 heterocycles. The number of carbonyl (C=O) groups excluding carboxylic acids is 1. The quantitative estimate of drug-likeness (QED) is 0.805. The fourth-order valence-corrected chi connectivity index (χ4v) is 2.36. The lowest BCUT2D eigenvalue weighted by Crippen LogP contribution is -2.40. The Kier molecular flexibility index (Phi) is 6.12. The van der Waals surface area contributed by atoms with Crippen molar-refractivity contribution in [2.45, 2.75) is 39.5 Å². The molecule has 1 saturated heterocycles. The fourth-order valence-electron chi connectivity index (χ4n) is 2.36. The highest BCUT2D eigenvalue weighted by molar-refractivity contribution is 5.74. The monoisotopic (exact) mass is 270 g/mol. The number of likely N-dealkylation sites (tertiary alicyclic amines) is 1. The maximum Gasteiger partial charge on any atom is 0.319 e. The van der Waals surface area contributed by atoms with Gasteiger partial charge in [-0.3, -0.25) is 4.79 Å². The van der Waals surface area contributed by atoms with Gasteiger partial charge < -0.3 is 14.9 Å². The number of nitrogens with zero attached hydrogens (tertiary/aromatic N) is 2. The van der Waals surface area contributed by atoms with E-state index >= 15 is 0 Å². The molecule has 0 aromatic heterocycles. The molecule has 1 N–H and O–H groups in total. The topological polar surface area (TPSA) is 60.9 Å². The van der Waals surface area contributed by atoms with E-state index in [1.54, 1.807) is 4.90 Å². The summed E-state index contributed by atoms with van der Waals surface area (Å²) in [7, 11) is 1.84. The fraction of sp³-hybridized carbons (Fsp3) is 0.857. The molecule has 0 aromatic rings. The average molecular weight is 270 g/mol. The molecule has 5 nitrogen and oxygen atoms in total. The van der Waals surface area contributed by atoms with Crippen LogP contribution in [0.15, 0.2) is 0 Å². The van der Waals surface area contributed by atoms with Gasteiger partial charge in [0, 0.05) is 33.1 Å². The number of aliphatic carboxylic acids is 1. The van der Waals surface area contributed by atoms with Gasteiger partial charge in [0.25, 0.3) is 0 Å². The Bertz CT molecular complexity index is 318. The van der Waals surface area contributed by atoms with Crippen LogP contribution in [0.25, 0.3) is 0 Å². The van der Waals surface area contributed by atoms with Crippen LogP contribution in [0.2, 0.25) is 0 Å². The Morgan fingerprint density at radius 3 is 2.68 bits per heavy atom. The molecule has 0 aromatic carbocycles. The van der Waals surface area contributed by atoms with Gasteiger partial charge in [-0.15, -0.1) is 0 Å². The molecule has 110 valence electrons. The molecule has 1 aliphatic heterocycles. The largest absolute Gasteiger partial charge is 0.481 e. The van der Waals surface area contributed by atoms with Gasteiger partial charge in [-0.05, 0) is 31.1 Å². The number of rotatable bonds is 6. The van der Waals surface area contributed by atoms with E-state index in [1.165, 1.54) is 0 Å². The number of amides is 2. The van der Waals surface area contributed by atoms with E-state index in [4.69, 9.17) is 5.11 Å². The molecule has 0 radical (unpaired) electrons. The van der Waals surface area contributed by atoms with E-state index in [0.29, 0.717) is 24.8 Å². The highest BCUT2D eigenvalue weighted by Crippen LogP contribution is 2.22. The van der Waals surface area contributed by atoms with E-state index in [9.17, 15) is 9.59 Å². The van der Waals surface area contributed by atoms with Crippen molar-refractivity contribution in [3.05, 3.63) is 0 Å². The lowest BCUT2D eigenvalue weighted by atomic mass is 10.0. The predicted octanol–water partition coefficient (Wildman–Crippen LogP) is 2.27. The van der Waals surface area contributed by atoms with E-state index in [2.05, 4.69) is 13.8 Å². The van der Waals surface area contributed by atoms with Gasteiger partial charge >= 0.3 is 12.0 Å². The summed E-state index contributed by atoms with van der Waals surface area (Å²) in [6.07, 6.45) is 2.82. The standard InChI is InChI=1S/C14H26N2O3/c1-11(2)6-8-15(3)14(19)16-9-7-12(10-16)4-5-13(17)18/h11-12H,4-10H2,1-3H3,(H,17,18). The summed E-state index contributed by atoms with van der Waals surface area (Å²) in [6, 6.07) is 0.0819. The molecule has 0 aliphatic carbocycles. The Labute approximate surface area is 115 Å². The molecule has 1 rings (SSSR count). The van der Waals surface area contributed by atoms with Crippen molar-refractivity contribution in [3.8, 4) is 0 Å². The summed E-state index contributed by atoms with van der Waals surface area (Å²) in [6.45, 7) is 6.55. The van der Waals surface area contributed by atoms with Crippen molar-refractivity contribution < 1.29 is 14.7 Å². The summed E-state index contributed by atoms with van der Waals surface area (Å²) in [4.78, 5) is 26.3. The minimum atomic E-state index is -0.751. The van der Waals surface area contributed by atoms with Crippen LogP contribution in [-0.4, -0.2) is 53.6 Å². The second-order valence-corrected chi connectivity index (χ2v) is 5.92. The predicted molar refractivity (Wildman–Crippen MR) is 74.0 cm³/mol. The number of hydrogen-bond donors (Lipinski definition) is 1. The minimum absolute atomic E-state index is 0.0819. The van der Waals surface area contributed by atoms with E-state index in [-0.39, 0.29) is 12.5 Å². The first-order valence-corrected chi connectivity index (χ1v) is 7.12. The SMILES string of the molecule is CC(C)CCN(C)C(=O)N1CCC(CCC(=O)O)C1. The molecule has 19 heavy (non-hydrogen) atoms. The Morgan fingerprint density at radius 1 is 1.42 bits per heavy atom. The molecule has 1 aliphatic rings. The Hall–Kier alpha value is -1.26. The summed E-state index contributed by atoms with van der Waals surface area (Å²) < 4.78 is 0. The Morgan fingerprint density at radius 2 is 2.11 bits per heavy atom. The molecule has 2 amide bonds. The highest BCUT2D eigenvalue weighted by Gasteiger charge is 2.28. The van der Waals surface area contributed by atoms with Crippen molar-refractivity contribution in [2.75, 3.05) is 26.7 Å². The smallest absolute Gasteiger partial charge is 0.319 e. The summed E-state index contributed by atoms with van der Waals surface area (Å²) in [5, 5.41) is 8.67. The molecule has 1 atom stereocenters. The van der Waals surface area contributed by atoms with Crippen molar-refractivity contribution in [1.82, 2.24) is 9.80 Å². The normalized spacial score (nSPS) is 18.9. The van der Waals surface area contributed by atoms with Crippen LogP contribution in [0, 0.1) is 11.8 Å². The van der Waals surface area contributed by atoms with Gasteiger partial charge in [0.1, 0.15) is 0 Å². The maximum absolute atomic E-state index is 12.2. The van der Waals surface area contributed by atoms with E-state index < -0.39 is 5.97 Å². The van der Waals surface area contributed by atoms with Crippen LogP contribution in [0.1, 0.15) is 39.5 Å². The Balaban J connectivity index is 2.32. The number of hydrogen-bond acceptors (Lipinski definition) is 2. The van der Waals surface area contributed by atoms with Gasteiger partial charge in [-0.25, -0.2) is 4.79 Å². The first-order valence-electron chi connectivity index (χ1n) is 7.12. The summed E-state index contributed by atoms with van der Waals surface area (Å²) >= 11 is 0. The number of carboxylic acids is 1. The van der Waals surface area contributed by atoms with Crippen molar-refractivity contribution in [2.24, 2.45) is 11.8 Å². The molecular formula is C14H26N2O3. The van der Waals surface area contributed by atoms with Gasteiger partial charge in [-0.2, -0.15) is 0 Å². The summed E-state index contributed by atoms with van der Waals surface area (Å²) in [5.74, 6) is 0.189. The van der Waals surface area contributed by atoms with Crippen LogP contribution < -0.4 is 0 Å². The third kappa shape index (κ3) is 5.49. The second kappa shape index (κ2) is 7.36. The molecule has 5 heteroatoms. The zero-order valence-electron chi connectivity index (χ0n) is 12.3. The third-order valence-electron chi connectivity index (χ3n) is 3.69. The van der Waals surface area contributed by atoms with Crippen LogP contribution in [-0.2, 0) is 4.79 Å². The van der Waals surface area contributed by atoms with Gasteiger partial charge in [0.05, 0.1) is 0 Å². The highest BCUT2D eigenvalue weighted by atomic mass is 16.4. The van der Waals surface area contributed by atoms with E-state index in [0.717, 1.165) is 25.9 Å². The lowest BCUT2D eigenvalue weighted by molar-refractivity contribution is -0.137. The maximum atomic E-state index is 12.2. The molecule has 0 saturated carbocycles. The average Bonchev–Trinajstić information content (AvgIpc) is 2.81. The van der Waals surface area contributed by atoms with Crippen LogP contribution in [0.5, 0.6) is 0 Å². The van der Waals surface area contributed by atoms with Crippen molar-refractivity contribution in [1.29, 1.82) is 0 Å². The third-order valence-corrected chi connectivity index (χ3v) is 3.69. The second-order valence-electron chi connectivity index (χ2n) is 5.92. The zero-order valence-corrected chi connectivity index (χ0v) is 12.3. The van der Waals surface area contributed by atoms with Crippen molar-refractivity contribution in [3.63, 3.8) is 0 Å². The molecule has 0 spiro atoms. The lowest BCUT2D eigenvalue weighted by Gasteiger charge is -2.25. The van der Waals surface area contributed by atoms with Crippen LogP contribution in [0.4, 0.5) is 4.79 Å². The van der Waals surface area contributed by atoms with Gasteiger partial charge in [-0.1, -0.05) is 13.8 Å². The molecule has 0 bridgehead atoms. The first kappa shape index (κ1) is 15.8. The van der Waals surface area contributed by atoms with Crippen LogP contribution in [0.3, 0.4) is 0 Å². The van der Waals surface area contributed by atoms with Gasteiger partial charge in [0.15, 0.2) is 0 Å². The molecule has 1 unspecified atom stereocenters. The van der Waals surface area contributed by atoms with Crippen LogP contribution >= 0.6 is 0 Å². The summed E-state index contributed by atoms with van der Waals surface area (Å²) in [5.41, 5.74) is 0. The zero-order chi connectivity index (χ0) is 14.4. The number of urea groups is 1. The minimum Gasteiger partial charge on any atom is -0.481 e.